The van der Waals surface area contributed by atoms with E-state index in [0.29, 0.717) is 6.04 Å². The van der Waals surface area contributed by atoms with Gasteiger partial charge in [0.2, 0.25) is 0 Å². The highest BCUT2D eigenvalue weighted by Gasteiger charge is 2.19. The maximum absolute atomic E-state index is 8.89. The van der Waals surface area contributed by atoms with E-state index in [4.69, 9.17) is 5.11 Å². The van der Waals surface area contributed by atoms with Gasteiger partial charge in [0.05, 0.1) is 0 Å². The van der Waals surface area contributed by atoms with Gasteiger partial charge in [-0.2, -0.15) is 0 Å². The summed E-state index contributed by atoms with van der Waals surface area (Å²) in [4.78, 5) is 0. The molecule has 0 amide bonds. The molecule has 0 bridgehead atoms. The second-order valence-corrected chi connectivity index (χ2v) is 5.50. The number of hydrogen-bond acceptors (Lipinski definition) is 2. The fourth-order valence-electron chi connectivity index (χ4n) is 2.91. The zero-order valence-electron chi connectivity index (χ0n) is 11.4. The first-order valence-corrected chi connectivity index (χ1v) is 7.26. The van der Waals surface area contributed by atoms with Gasteiger partial charge in [0.15, 0.2) is 0 Å². The molecular formula is C16H25NO. The summed E-state index contributed by atoms with van der Waals surface area (Å²) in [6, 6.07) is 9.03. The number of benzene rings is 1. The van der Waals surface area contributed by atoms with Crippen LogP contribution in [0.15, 0.2) is 24.3 Å². The second kappa shape index (κ2) is 6.79. The molecule has 0 radical (unpaired) electrons. The van der Waals surface area contributed by atoms with E-state index in [0.717, 1.165) is 12.3 Å². The van der Waals surface area contributed by atoms with Crippen LogP contribution in [0.25, 0.3) is 0 Å². The van der Waals surface area contributed by atoms with E-state index in [-0.39, 0.29) is 6.61 Å². The molecule has 1 unspecified atom stereocenters. The molecule has 0 saturated heterocycles. The molecule has 0 heterocycles. The summed E-state index contributed by atoms with van der Waals surface area (Å²) in [6.07, 6.45) is 7.70. The Bertz CT molecular complexity index is 341. The van der Waals surface area contributed by atoms with Gasteiger partial charge < -0.3 is 10.4 Å². The van der Waals surface area contributed by atoms with Gasteiger partial charge in [-0.15, -0.1) is 0 Å². The van der Waals surface area contributed by atoms with Crippen LogP contribution in [-0.2, 0) is 6.42 Å². The zero-order valence-corrected chi connectivity index (χ0v) is 11.4. The number of aliphatic hydroxyl groups excluding tert-OH is 1. The zero-order chi connectivity index (χ0) is 12.8. The molecular weight excluding hydrogens is 222 g/mol. The molecule has 100 valence electrons. The van der Waals surface area contributed by atoms with E-state index >= 15 is 0 Å². The summed E-state index contributed by atoms with van der Waals surface area (Å²) in [7, 11) is 0. The lowest BCUT2D eigenvalue weighted by Crippen LogP contribution is -2.27. The standard InChI is InChI=1S/C16H25NO/c1-13(15-5-3-2-4-6-15)17-16-9-7-14(8-10-16)11-12-18/h7-10,13,15,17-18H,2-6,11-12H2,1H3. The third-order valence-corrected chi connectivity index (χ3v) is 4.11. The van der Waals surface area contributed by atoms with Gasteiger partial charge in [-0.05, 0) is 49.8 Å². The average Bonchev–Trinajstić information content (AvgIpc) is 2.42. The Morgan fingerprint density at radius 1 is 1.17 bits per heavy atom. The van der Waals surface area contributed by atoms with Crippen molar-refractivity contribution in [1.29, 1.82) is 0 Å². The van der Waals surface area contributed by atoms with Crippen molar-refractivity contribution in [3.63, 3.8) is 0 Å². The maximum Gasteiger partial charge on any atom is 0.0471 e. The van der Waals surface area contributed by atoms with Crippen molar-refractivity contribution in [1.82, 2.24) is 0 Å². The van der Waals surface area contributed by atoms with Gasteiger partial charge in [-0.3, -0.25) is 0 Å². The highest BCUT2D eigenvalue weighted by atomic mass is 16.2. The lowest BCUT2D eigenvalue weighted by Gasteiger charge is -2.29. The van der Waals surface area contributed by atoms with Gasteiger partial charge in [-0.1, -0.05) is 31.4 Å². The molecule has 0 aliphatic heterocycles. The van der Waals surface area contributed by atoms with Crippen LogP contribution in [0.1, 0.15) is 44.6 Å². The molecule has 1 atom stereocenters. The average molecular weight is 247 g/mol. The highest BCUT2D eigenvalue weighted by Crippen LogP contribution is 2.28. The van der Waals surface area contributed by atoms with E-state index in [1.54, 1.807) is 0 Å². The van der Waals surface area contributed by atoms with Crippen molar-refractivity contribution in [2.24, 2.45) is 5.92 Å². The molecule has 0 aromatic heterocycles. The number of nitrogens with one attached hydrogen (secondary N) is 1. The van der Waals surface area contributed by atoms with E-state index in [1.807, 2.05) is 0 Å². The van der Waals surface area contributed by atoms with E-state index in [9.17, 15) is 0 Å². The van der Waals surface area contributed by atoms with Crippen LogP contribution in [0, 0.1) is 5.92 Å². The topological polar surface area (TPSA) is 32.3 Å². The van der Waals surface area contributed by atoms with Gasteiger partial charge in [-0.25, -0.2) is 0 Å². The molecule has 2 heteroatoms. The van der Waals surface area contributed by atoms with E-state index in [1.165, 1.54) is 43.4 Å². The lowest BCUT2D eigenvalue weighted by atomic mass is 9.84. The van der Waals surface area contributed by atoms with Crippen LogP contribution in [0.5, 0.6) is 0 Å². The molecule has 2 nitrogen and oxygen atoms in total. The van der Waals surface area contributed by atoms with Crippen molar-refractivity contribution in [3.05, 3.63) is 29.8 Å². The largest absolute Gasteiger partial charge is 0.396 e. The van der Waals surface area contributed by atoms with Gasteiger partial charge in [0.25, 0.3) is 0 Å². The summed E-state index contributed by atoms with van der Waals surface area (Å²) in [5, 5.41) is 12.5. The molecule has 2 rings (SSSR count). The minimum absolute atomic E-state index is 0.227. The smallest absolute Gasteiger partial charge is 0.0471 e. The normalized spacial score (nSPS) is 18.6. The van der Waals surface area contributed by atoms with Crippen molar-refractivity contribution in [2.75, 3.05) is 11.9 Å². The summed E-state index contributed by atoms with van der Waals surface area (Å²) in [6.45, 7) is 2.53. The second-order valence-electron chi connectivity index (χ2n) is 5.50. The molecule has 1 aromatic rings. The van der Waals surface area contributed by atoms with Gasteiger partial charge >= 0.3 is 0 Å². The molecule has 0 spiro atoms. The van der Waals surface area contributed by atoms with Gasteiger partial charge in [0.1, 0.15) is 0 Å². The summed E-state index contributed by atoms with van der Waals surface area (Å²) < 4.78 is 0. The van der Waals surface area contributed by atoms with Crippen molar-refractivity contribution >= 4 is 5.69 Å². The predicted octanol–water partition coefficient (Wildman–Crippen LogP) is 3.60. The lowest BCUT2D eigenvalue weighted by molar-refractivity contribution is 0.299. The fraction of sp³-hybridized carbons (Fsp3) is 0.625. The molecule has 18 heavy (non-hydrogen) atoms. The maximum atomic E-state index is 8.89. The number of hydrogen-bond donors (Lipinski definition) is 2. The van der Waals surface area contributed by atoms with Crippen LogP contribution in [0.4, 0.5) is 5.69 Å². The third-order valence-electron chi connectivity index (χ3n) is 4.11. The molecule has 1 aliphatic carbocycles. The predicted molar refractivity (Wildman–Crippen MR) is 76.9 cm³/mol. The Morgan fingerprint density at radius 3 is 2.44 bits per heavy atom. The van der Waals surface area contributed by atoms with Crippen LogP contribution >= 0.6 is 0 Å². The summed E-state index contributed by atoms with van der Waals surface area (Å²) in [5.74, 6) is 0.830. The third kappa shape index (κ3) is 3.74. The number of aliphatic hydroxyl groups is 1. The Hall–Kier alpha value is -1.02. The molecule has 1 fully saturated rings. The first kappa shape index (κ1) is 13.4. The first-order valence-electron chi connectivity index (χ1n) is 7.26. The highest BCUT2D eigenvalue weighted by molar-refractivity contribution is 5.45. The molecule has 1 aliphatic rings. The Labute approximate surface area is 110 Å². The monoisotopic (exact) mass is 247 g/mol. The van der Waals surface area contributed by atoms with Crippen LogP contribution in [0.3, 0.4) is 0 Å². The Kier molecular flexibility index (Phi) is 5.06. The molecule has 2 N–H and O–H groups in total. The minimum Gasteiger partial charge on any atom is -0.396 e. The van der Waals surface area contributed by atoms with Crippen LogP contribution in [-0.4, -0.2) is 17.8 Å². The first-order chi connectivity index (χ1) is 8.79. The van der Waals surface area contributed by atoms with E-state index in [2.05, 4.69) is 36.5 Å². The SMILES string of the molecule is CC(Nc1ccc(CCO)cc1)C1CCCCC1. The van der Waals surface area contributed by atoms with Crippen molar-refractivity contribution in [3.8, 4) is 0 Å². The molecule has 1 aromatic carbocycles. The minimum atomic E-state index is 0.227. The summed E-state index contributed by atoms with van der Waals surface area (Å²) >= 11 is 0. The van der Waals surface area contributed by atoms with Gasteiger partial charge in [0, 0.05) is 18.3 Å². The molecule has 1 saturated carbocycles. The number of rotatable bonds is 5. The van der Waals surface area contributed by atoms with Crippen molar-refractivity contribution < 1.29 is 5.11 Å². The fourth-order valence-corrected chi connectivity index (χ4v) is 2.91. The van der Waals surface area contributed by atoms with E-state index < -0.39 is 0 Å². The van der Waals surface area contributed by atoms with Crippen LogP contribution in [0.2, 0.25) is 0 Å². The Balaban J connectivity index is 1.87. The summed E-state index contributed by atoms with van der Waals surface area (Å²) in [5.41, 5.74) is 2.41. The van der Waals surface area contributed by atoms with Crippen molar-refractivity contribution in [2.45, 2.75) is 51.5 Å². The quantitative estimate of drug-likeness (QED) is 0.833. The number of anilines is 1. The Morgan fingerprint density at radius 2 is 1.83 bits per heavy atom. The van der Waals surface area contributed by atoms with Crippen LogP contribution < -0.4 is 5.32 Å².